The predicted octanol–water partition coefficient (Wildman–Crippen LogP) is 3.71. The monoisotopic (exact) mass is 392 g/mol. The van der Waals surface area contributed by atoms with Crippen LogP contribution < -0.4 is 9.21 Å². The van der Waals surface area contributed by atoms with Crippen molar-refractivity contribution in [2.45, 2.75) is 37.2 Å². The number of sulfonamides is 1. The summed E-state index contributed by atoms with van der Waals surface area (Å²) < 4.78 is 27.9. The van der Waals surface area contributed by atoms with Crippen LogP contribution in [0.1, 0.15) is 19.4 Å². The highest BCUT2D eigenvalue weighted by atomic mass is 32.2. The number of carbonyl (C=O) groups is 1. The van der Waals surface area contributed by atoms with E-state index in [0.717, 1.165) is 23.1 Å². The Labute approximate surface area is 164 Å². The molecular formula is C22H20N2O3S. The van der Waals surface area contributed by atoms with Crippen LogP contribution in [0.5, 0.6) is 0 Å². The van der Waals surface area contributed by atoms with Gasteiger partial charge in [-0.1, -0.05) is 42.5 Å². The number of para-hydroxylation sites is 1. The Hall–Kier alpha value is -2.86. The molecule has 3 aromatic carbocycles. The first kappa shape index (κ1) is 17.3. The van der Waals surface area contributed by atoms with E-state index in [9.17, 15) is 13.2 Å². The molecule has 5 nitrogen and oxygen atoms in total. The van der Waals surface area contributed by atoms with Crippen LogP contribution in [-0.2, 0) is 21.2 Å². The Balaban J connectivity index is 1.61. The van der Waals surface area contributed by atoms with Gasteiger partial charge < -0.3 is 4.90 Å². The van der Waals surface area contributed by atoms with E-state index in [4.69, 9.17) is 0 Å². The standard InChI is InChI=1S/C22H20N2O3S/c1-14-13-17-7-3-4-10-18(17)23(14)22(25)15(2)24-19-11-5-8-16-9-6-12-20(21(16)19)28(24,26)27/h3-12,14-15H,13H2,1-2H3/t14-,15-/m0/s1. The first-order chi connectivity index (χ1) is 13.4. The summed E-state index contributed by atoms with van der Waals surface area (Å²) in [6.45, 7) is 3.68. The number of carbonyl (C=O) groups excluding carboxylic acids is 1. The van der Waals surface area contributed by atoms with Crippen molar-refractivity contribution in [3.05, 3.63) is 66.2 Å². The molecule has 0 spiro atoms. The van der Waals surface area contributed by atoms with E-state index in [1.165, 1.54) is 4.31 Å². The van der Waals surface area contributed by atoms with Crippen LogP contribution in [0.2, 0.25) is 0 Å². The zero-order valence-corrected chi connectivity index (χ0v) is 16.5. The lowest BCUT2D eigenvalue weighted by Gasteiger charge is -2.31. The molecule has 0 saturated carbocycles. The normalized spacial score (nSPS) is 20.4. The van der Waals surface area contributed by atoms with E-state index >= 15 is 0 Å². The molecule has 0 N–H and O–H groups in total. The third-order valence-corrected chi connectivity index (χ3v) is 7.70. The maximum Gasteiger partial charge on any atom is 0.265 e. The summed E-state index contributed by atoms with van der Waals surface area (Å²) >= 11 is 0. The molecule has 0 bridgehead atoms. The van der Waals surface area contributed by atoms with Crippen LogP contribution in [0, 0.1) is 0 Å². The zero-order valence-electron chi connectivity index (χ0n) is 15.7. The van der Waals surface area contributed by atoms with Crippen molar-refractivity contribution >= 4 is 38.1 Å². The predicted molar refractivity (Wildman–Crippen MR) is 110 cm³/mol. The van der Waals surface area contributed by atoms with Crippen molar-refractivity contribution in [3.8, 4) is 0 Å². The average Bonchev–Trinajstić information content (AvgIpc) is 3.13. The fourth-order valence-electron chi connectivity index (χ4n) is 4.54. The van der Waals surface area contributed by atoms with Crippen molar-refractivity contribution < 1.29 is 13.2 Å². The van der Waals surface area contributed by atoms with Gasteiger partial charge in [-0.25, -0.2) is 8.42 Å². The Morgan fingerprint density at radius 3 is 2.46 bits per heavy atom. The second-order valence-electron chi connectivity index (χ2n) is 7.50. The third kappa shape index (κ3) is 2.18. The first-order valence-corrected chi connectivity index (χ1v) is 10.8. The maximum atomic E-state index is 13.5. The summed E-state index contributed by atoms with van der Waals surface area (Å²) in [6, 6.07) is 17.7. The second-order valence-corrected chi connectivity index (χ2v) is 9.28. The fourth-order valence-corrected chi connectivity index (χ4v) is 6.40. The molecule has 2 heterocycles. The summed E-state index contributed by atoms with van der Waals surface area (Å²) in [7, 11) is -3.78. The average molecular weight is 392 g/mol. The van der Waals surface area contributed by atoms with Crippen molar-refractivity contribution in [3.63, 3.8) is 0 Å². The van der Waals surface area contributed by atoms with E-state index < -0.39 is 16.1 Å². The largest absolute Gasteiger partial charge is 0.307 e. The molecule has 2 aliphatic rings. The molecule has 1 amide bonds. The number of hydrogen-bond acceptors (Lipinski definition) is 3. The van der Waals surface area contributed by atoms with Gasteiger partial charge >= 0.3 is 0 Å². The van der Waals surface area contributed by atoms with Crippen LogP contribution in [0.15, 0.2) is 65.6 Å². The molecule has 142 valence electrons. The highest BCUT2D eigenvalue weighted by Gasteiger charge is 2.43. The third-order valence-electron chi connectivity index (χ3n) is 5.77. The van der Waals surface area contributed by atoms with Crippen LogP contribution in [0.4, 0.5) is 11.4 Å². The Kier molecular flexibility index (Phi) is 3.58. The molecule has 0 fully saturated rings. The molecule has 0 aliphatic carbocycles. The van der Waals surface area contributed by atoms with E-state index in [-0.39, 0.29) is 16.8 Å². The topological polar surface area (TPSA) is 57.7 Å². The van der Waals surface area contributed by atoms with Crippen molar-refractivity contribution in [1.82, 2.24) is 0 Å². The summed E-state index contributed by atoms with van der Waals surface area (Å²) in [5.41, 5.74) is 2.57. The highest BCUT2D eigenvalue weighted by Crippen LogP contribution is 2.44. The molecular weight excluding hydrogens is 372 g/mol. The van der Waals surface area contributed by atoms with E-state index in [2.05, 4.69) is 0 Å². The summed E-state index contributed by atoms with van der Waals surface area (Å²) in [6.07, 6.45) is 0.775. The van der Waals surface area contributed by atoms with Gasteiger partial charge in [0.25, 0.3) is 15.9 Å². The minimum Gasteiger partial charge on any atom is -0.307 e. The van der Waals surface area contributed by atoms with Gasteiger partial charge in [-0.05, 0) is 49.4 Å². The van der Waals surface area contributed by atoms with Gasteiger partial charge in [-0.2, -0.15) is 0 Å². The van der Waals surface area contributed by atoms with Gasteiger partial charge in [-0.15, -0.1) is 0 Å². The number of hydrogen-bond donors (Lipinski definition) is 0. The van der Waals surface area contributed by atoms with Gasteiger partial charge in [0, 0.05) is 17.1 Å². The van der Waals surface area contributed by atoms with Crippen LogP contribution >= 0.6 is 0 Å². The number of anilines is 2. The molecule has 0 aromatic heterocycles. The number of benzene rings is 3. The van der Waals surface area contributed by atoms with E-state index in [1.54, 1.807) is 30.0 Å². The molecule has 5 rings (SSSR count). The molecule has 0 saturated heterocycles. The SMILES string of the molecule is C[C@H]1Cc2ccccc2N1C(=O)[C@H](C)N1c2cccc3cccc(c23)S1(=O)=O. The van der Waals surface area contributed by atoms with Crippen molar-refractivity contribution in [2.24, 2.45) is 0 Å². The highest BCUT2D eigenvalue weighted by molar-refractivity contribution is 7.93. The van der Waals surface area contributed by atoms with Crippen LogP contribution in [0.25, 0.3) is 10.8 Å². The van der Waals surface area contributed by atoms with Crippen molar-refractivity contribution in [1.29, 1.82) is 0 Å². The molecule has 0 radical (unpaired) electrons. The molecule has 3 aromatic rings. The van der Waals surface area contributed by atoms with Crippen molar-refractivity contribution in [2.75, 3.05) is 9.21 Å². The second kappa shape index (κ2) is 5.82. The number of rotatable bonds is 2. The Morgan fingerprint density at radius 2 is 1.68 bits per heavy atom. The lowest BCUT2D eigenvalue weighted by atomic mass is 10.1. The smallest absolute Gasteiger partial charge is 0.265 e. The molecule has 2 atom stereocenters. The number of fused-ring (bicyclic) bond motifs is 1. The Morgan fingerprint density at radius 1 is 1.00 bits per heavy atom. The zero-order chi connectivity index (χ0) is 19.6. The van der Waals surface area contributed by atoms with Gasteiger partial charge in [0.15, 0.2) is 0 Å². The summed E-state index contributed by atoms with van der Waals surface area (Å²) in [5, 5.41) is 1.56. The molecule has 6 heteroatoms. The molecule has 0 unspecified atom stereocenters. The fraction of sp³-hybridized carbons (Fsp3) is 0.227. The number of amides is 1. The molecule has 28 heavy (non-hydrogen) atoms. The minimum absolute atomic E-state index is 0.00387. The molecule has 2 aliphatic heterocycles. The lowest BCUT2D eigenvalue weighted by molar-refractivity contribution is -0.119. The van der Waals surface area contributed by atoms with Crippen LogP contribution in [-0.4, -0.2) is 26.4 Å². The van der Waals surface area contributed by atoms with E-state index in [0.29, 0.717) is 11.1 Å². The Bertz CT molecular complexity index is 1230. The maximum absolute atomic E-state index is 13.5. The first-order valence-electron chi connectivity index (χ1n) is 9.38. The summed E-state index contributed by atoms with van der Waals surface area (Å²) in [4.78, 5) is 15.5. The minimum atomic E-state index is -3.78. The van der Waals surface area contributed by atoms with Gasteiger partial charge in [0.05, 0.1) is 10.6 Å². The van der Waals surface area contributed by atoms with Crippen LogP contribution in [0.3, 0.4) is 0 Å². The quantitative estimate of drug-likeness (QED) is 0.668. The van der Waals surface area contributed by atoms with E-state index in [1.807, 2.05) is 49.4 Å². The van der Waals surface area contributed by atoms with Gasteiger partial charge in [-0.3, -0.25) is 9.10 Å². The summed E-state index contributed by atoms with van der Waals surface area (Å²) in [5.74, 6) is -0.203. The number of nitrogens with zero attached hydrogens (tertiary/aromatic N) is 2. The van der Waals surface area contributed by atoms with Gasteiger partial charge in [0.2, 0.25) is 0 Å². The lowest BCUT2D eigenvalue weighted by Crippen LogP contribution is -2.50. The van der Waals surface area contributed by atoms with Gasteiger partial charge in [0.1, 0.15) is 6.04 Å².